The molecule has 0 aliphatic heterocycles. The Balaban J connectivity index is 2.56. The van der Waals surface area contributed by atoms with Crippen molar-refractivity contribution in [3.63, 3.8) is 0 Å². The van der Waals surface area contributed by atoms with E-state index in [0.29, 0.717) is 11.3 Å². The fourth-order valence-electron chi connectivity index (χ4n) is 1.89. The maximum atomic E-state index is 12.0. The molecule has 0 spiro atoms. The number of amides is 2. The van der Waals surface area contributed by atoms with Gasteiger partial charge in [0, 0.05) is 18.2 Å². The van der Waals surface area contributed by atoms with Crippen molar-refractivity contribution in [3.8, 4) is 0 Å². The third-order valence-corrected chi connectivity index (χ3v) is 3.29. The van der Waals surface area contributed by atoms with Gasteiger partial charge in [0.1, 0.15) is 0 Å². The molecular formula is C15H19F3N2O2. The van der Waals surface area contributed by atoms with Crippen molar-refractivity contribution in [1.29, 1.82) is 0 Å². The van der Waals surface area contributed by atoms with Gasteiger partial charge in [-0.3, -0.25) is 9.59 Å². The molecule has 0 fully saturated rings. The van der Waals surface area contributed by atoms with Gasteiger partial charge in [-0.25, -0.2) is 0 Å². The Morgan fingerprint density at radius 1 is 1.09 bits per heavy atom. The van der Waals surface area contributed by atoms with Crippen molar-refractivity contribution in [1.82, 2.24) is 5.32 Å². The van der Waals surface area contributed by atoms with E-state index in [2.05, 4.69) is 5.32 Å². The van der Waals surface area contributed by atoms with Crippen molar-refractivity contribution in [3.05, 3.63) is 29.8 Å². The van der Waals surface area contributed by atoms with E-state index in [9.17, 15) is 22.8 Å². The Bertz CT molecular complexity index is 509. The minimum absolute atomic E-state index is 0.0641. The lowest BCUT2D eigenvalue weighted by molar-refractivity contribution is -0.173. The molecule has 0 radical (unpaired) electrons. The fraction of sp³-hybridized carbons (Fsp3) is 0.467. The summed E-state index contributed by atoms with van der Waals surface area (Å²) in [6.07, 6.45) is -3.41. The molecule has 0 saturated carbocycles. The van der Waals surface area contributed by atoms with Gasteiger partial charge in [0.25, 0.3) is 0 Å². The molecule has 0 aromatic heterocycles. The predicted octanol–water partition coefficient (Wildman–Crippen LogP) is 3.24. The van der Waals surface area contributed by atoms with E-state index < -0.39 is 12.1 Å². The second kappa shape index (κ2) is 7.82. The highest BCUT2D eigenvalue weighted by Gasteiger charge is 2.38. The SMILES string of the molecule is CCC(CC)C(=O)Nc1ccc(CNC(=O)C(F)(F)F)cc1. The van der Waals surface area contributed by atoms with Crippen LogP contribution in [-0.2, 0) is 16.1 Å². The second-order valence-electron chi connectivity index (χ2n) is 4.88. The molecule has 0 atom stereocenters. The number of hydrogen-bond acceptors (Lipinski definition) is 2. The van der Waals surface area contributed by atoms with Crippen LogP contribution in [0.1, 0.15) is 32.3 Å². The van der Waals surface area contributed by atoms with Gasteiger partial charge in [-0.1, -0.05) is 26.0 Å². The molecule has 0 aliphatic carbocycles. The number of rotatable bonds is 6. The molecule has 1 aromatic rings. The van der Waals surface area contributed by atoms with Crippen LogP contribution in [0.4, 0.5) is 18.9 Å². The first kappa shape index (κ1) is 18.0. The number of benzene rings is 1. The van der Waals surface area contributed by atoms with E-state index in [4.69, 9.17) is 0 Å². The molecule has 0 aliphatic rings. The van der Waals surface area contributed by atoms with Crippen LogP contribution < -0.4 is 10.6 Å². The molecule has 7 heteroatoms. The summed E-state index contributed by atoms with van der Waals surface area (Å²) in [5.41, 5.74) is 1.08. The van der Waals surface area contributed by atoms with E-state index in [0.717, 1.165) is 12.8 Å². The average molecular weight is 316 g/mol. The predicted molar refractivity (Wildman–Crippen MR) is 77.0 cm³/mol. The number of halogens is 3. The summed E-state index contributed by atoms with van der Waals surface area (Å²) >= 11 is 0. The zero-order valence-electron chi connectivity index (χ0n) is 12.5. The van der Waals surface area contributed by atoms with Gasteiger partial charge in [-0.15, -0.1) is 0 Å². The van der Waals surface area contributed by atoms with Gasteiger partial charge in [0.2, 0.25) is 5.91 Å². The maximum Gasteiger partial charge on any atom is 0.471 e. The van der Waals surface area contributed by atoms with E-state index >= 15 is 0 Å². The highest BCUT2D eigenvalue weighted by molar-refractivity contribution is 5.92. The molecule has 4 nitrogen and oxygen atoms in total. The Morgan fingerprint density at radius 2 is 1.64 bits per heavy atom. The van der Waals surface area contributed by atoms with Crippen LogP contribution in [0.2, 0.25) is 0 Å². The first-order valence-electron chi connectivity index (χ1n) is 7.02. The molecule has 0 saturated heterocycles. The first-order valence-corrected chi connectivity index (χ1v) is 7.02. The number of hydrogen-bond donors (Lipinski definition) is 2. The molecule has 22 heavy (non-hydrogen) atoms. The number of anilines is 1. The summed E-state index contributed by atoms with van der Waals surface area (Å²) in [7, 11) is 0. The summed E-state index contributed by atoms with van der Waals surface area (Å²) in [5.74, 6) is -2.12. The smallest absolute Gasteiger partial charge is 0.344 e. The van der Waals surface area contributed by atoms with E-state index in [1.54, 1.807) is 29.6 Å². The van der Waals surface area contributed by atoms with Crippen LogP contribution in [0.5, 0.6) is 0 Å². The highest BCUT2D eigenvalue weighted by Crippen LogP contribution is 2.16. The van der Waals surface area contributed by atoms with Crippen LogP contribution in [-0.4, -0.2) is 18.0 Å². The van der Waals surface area contributed by atoms with Crippen molar-refractivity contribution < 1.29 is 22.8 Å². The highest BCUT2D eigenvalue weighted by atomic mass is 19.4. The molecule has 0 unspecified atom stereocenters. The lowest BCUT2D eigenvalue weighted by atomic mass is 10.0. The van der Waals surface area contributed by atoms with Crippen LogP contribution in [0, 0.1) is 5.92 Å². The van der Waals surface area contributed by atoms with Crippen LogP contribution in [0.3, 0.4) is 0 Å². The molecule has 122 valence electrons. The first-order chi connectivity index (χ1) is 10.3. The molecule has 2 amide bonds. The minimum atomic E-state index is -4.89. The normalized spacial score (nSPS) is 11.4. The monoisotopic (exact) mass is 316 g/mol. The van der Waals surface area contributed by atoms with E-state index in [-0.39, 0.29) is 18.4 Å². The summed E-state index contributed by atoms with van der Waals surface area (Å²) in [4.78, 5) is 22.6. The van der Waals surface area contributed by atoms with Crippen LogP contribution >= 0.6 is 0 Å². The number of alkyl halides is 3. The number of carbonyl (C=O) groups excluding carboxylic acids is 2. The second-order valence-corrected chi connectivity index (χ2v) is 4.88. The van der Waals surface area contributed by atoms with Gasteiger partial charge in [0.15, 0.2) is 0 Å². The van der Waals surface area contributed by atoms with Gasteiger partial charge >= 0.3 is 12.1 Å². The Labute approximate surface area is 127 Å². The van der Waals surface area contributed by atoms with Crippen molar-refractivity contribution in [2.24, 2.45) is 5.92 Å². The molecule has 0 bridgehead atoms. The lowest BCUT2D eigenvalue weighted by Gasteiger charge is -2.13. The maximum absolute atomic E-state index is 12.0. The van der Waals surface area contributed by atoms with Crippen LogP contribution in [0.25, 0.3) is 0 Å². The van der Waals surface area contributed by atoms with Gasteiger partial charge in [-0.05, 0) is 30.5 Å². The quantitative estimate of drug-likeness (QED) is 0.846. The number of nitrogens with one attached hydrogen (secondary N) is 2. The largest absolute Gasteiger partial charge is 0.471 e. The topological polar surface area (TPSA) is 58.2 Å². The summed E-state index contributed by atoms with van der Waals surface area (Å²) < 4.78 is 36.1. The van der Waals surface area contributed by atoms with Gasteiger partial charge < -0.3 is 10.6 Å². The Hall–Kier alpha value is -2.05. The van der Waals surface area contributed by atoms with Crippen molar-refractivity contribution >= 4 is 17.5 Å². The van der Waals surface area contributed by atoms with Crippen molar-refractivity contribution in [2.75, 3.05) is 5.32 Å². The third kappa shape index (κ3) is 5.38. The number of carbonyl (C=O) groups is 2. The standard InChI is InChI=1S/C15H19F3N2O2/c1-3-11(4-2)13(21)20-12-7-5-10(6-8-12)9-19-14(22)15(16,17)18/h5-8,11H,3-4,9H2,1-2H3,(H,19,22)(H,20,21). The van der Waals surface area contributed by atoms with Crippen molar-refractivity contribution in [2.45, 2.75) is 39.4 Å². The van der Waals surface area contributed by atoms with E-state index in [1.165, 1.54) is 0 Å². The van der Waals surface area contributed by atoms with E-state index in [1.807, 2.05) is 13.8 Å². The Morgan fingerprint density at radius 3 is 2.09 bits per heavy atom. The molecule has 1 aromatic carbocycles. The molecule has 1 rings (SSSR count). The minimum Gasteiger partial charge on any atom is -0.344 e. The van der Waals surface area contributed by atoms with Crippen LogP contribution in [0.15, 0.2) is 24.3 Å². The third-order valence-electron chi connectivity index (χ3n) is 3.29. The lowest BCUT2D eigenvalue weighted by Crippen LogP contribution is -2.36. The summed E-state index contributed by atoms with van der Waals surface area (Å²) in [6, 6.07) is 6.29. The summed E-state index contributed by atoms with van der Waals surface area (Å²) in [5, 5.41) is 4.54. The van der Waals surface area contributed by atoms with Gasteiger partial charge in [-0.2, -0.15) is 13.2 Å². The average Bonchev–Trinajstić information content (AvgIpc) is 2.46. The fourth-order valence-corrected chi connectivity index (χ4v) is 1.89. The Kier molecular flexibility index (Phi) is 6.39. The zero-order valence-corrected chi connectivity index (χ0v) is 12.5. The molecule has 0 heterocycles. The zero-order chi connectivity index (χ0) is 16.8. The molecule has 2 N–H and O–H groups in total. The molecular weight excluding hydrogens is 297 g/mol. The van der Waals surface area contributed by atoms with Gasteiger partial charge in [0.05, 0.1) is 0 Å². The summed E-state index contributed by atoms with van der Waals surface area (Å²) in [6.45, 7) is 3.64.